The second-order valence-corrected chi connectivity index (χ2v) is 13.9. The number of aromatic nitrogens is 6. The average molecular weight is 838 g/mol. The molecule has 0 bridgehead atoms. The summed E-state index contributed by atoms with van der Waals surface area (Å²) in [6, 6.07) is 28.1. The normalized spacial score (nSPS) is 11.8. The Balaban J connectivity index is 0.000000211. The predicted molar refractivity (Wildman–Crippen MR) is 223 cm³/mol. The number of anilines is 3. The number of aromatic amines is 4. The summed E-state index contributed by atoms with van der Waals surface area (Å²) in [6.45, 7) is 3.89. The van der Waals surface area contributed by atoms with E-state index in [0.717, 1.165) is 28.3 Å². The maximum atomic E-state index is 11.6. The van der Waals surface area contributed by atoms with Gasteiger partial charge in [0.25, 0.3) is 0 Å². The third-order valence-electron chi connectivity index (χ3n) is 8.10. The summed E-state index contributed by atoms with van der Waals surface area (Å²) < 4.78 is 11.1. The lowest BCUT2D eigenvalue weighted by Gasteiger charge is -2.29. The van der Waals surface area contributed by atoms with E-state index < -0.39 is 24.0 Å². The molecule has 14 nitrogen and oxygen atoms in total. The van der Waals surface area contributed by atoms with Crippen molar-refractivity contribution in [3.63, 3.8) is 0 Å². The third kappa shape index (κ3) is 10.8. The molecule has 0 fully saturated rings. The first-order valence-corrected chi connectivity index (χ1v) is 18.5. The Kier molecular flexibility index (Phi) is 13.8. The van der Waals surface area contributed by atoms with Crippen LogP contribution in [0.3, 0.4) is 0 Å². The monoisotopic (exact) mass is 837 g/mol. The van der Waals surface area contributed by atoms with Gasteiger partial charge in [-0.05, 0) is 135 Å². The minimum atomic E-state index is -0.921. The quantitative estimate of drug-likeness (QED) is 0.0387. The van der Waals surface area contributed by atoms with Gasteiger partial charge in [0.15, 0.2) is 25.8 Å². The fourth-order valence-corrected chi connectivity index (χ4v) is 6.43. The maximum Gasteiger partial charge on any atom is 0.326 e. The molecule has 6 aromatic rings. The molecular formula is C36H36ClN9O5S4. The van der Waals surface area contributed by atoms with Gasteiger partial charge in [-0.25, -0.2) is 4.79 Å². The number of carbonyl (C=O) groups is 2. The number of aliphatic carboxylic acids is 2. The lowest BCUT2D eigenvalue weighted by Crippen LogP contribution is -2.38. The largest absolute Gasteiger partial charge is 0.480 e. The van der Waals surface area contributed by atoms with Gasteiger partial charge in [0.1, 0.15) is 17.8 Å². The van der Waals surface area contributed by atoms with Crippen LogP contribution in [0.15, 0.2) is 97.1 Å². The maximum absolute atomic E-state index is 11.6. The molecule has 0 radical (unpaired) electrons. The van der Waals surface area contributed by atoms with E-state index in [0.29, 0.717) is 42.1 Å². The fraction of sp³-hybridized carbons (Fsp3) is 0.167. The molecule has 2 aromatic heterocycles. The fourth-order valence-electron chi connectivity index (χ4n) is 5.20. The van der Waals surface area contributed by atoms with Crippen molar-refractivity contribution in [1.82, 2.24) is 29.5 Å². The summed E-state index contributed by atoms with van der Waals surface area (Å²) in [7, 11) is 0. The van der Waals surface area contributed by atoms with Crippen LogP contribution in [0.4, 0.5) is 17.1 Å². The Morgan fingerprint density at radius 3 is 1.89 bits per heavy atom. The van der Waals surface area contributed by atoms with Gasteiger partial charge in [0.05, 0.1) is 11.4 Å². The summed E-state index contributed by atoms with van der Waals surface area (Å²) in [5, 5.41) is 36.3. The Labute approximate surface area is 340 Å². The number of ether oxygens (including phenoxy) is 1. The van der Waals surface area contributed by atoms with Gasteiger partial charge >= 0.3 is 11.9 Å². The summed E-state index contributed by atoms with van der Waals surface area (Å²) in [5.41, 5.74) is 4.91. The molecule has 0 aliphatic heterocycles. The van der Waals surface area contributed by atoms with Crippen LogP contribution in [0.5, 0.6) is 5.75 Å². The predicted octanol–water partition coefficient (Wildman–Crippen LogP) is 8.65. The van der Waals surface area contributed by atoms with Crippen molar-refractivity contribution in [1.29, 1.82) is 0 Å². The van der Waals surface area contributed by atoms with E-state index in [9.17, 15) is 14.7 Å². The highest BCUT2D eigenvalue weighted by Gasteiger charge is 2.21. The molecule has 4 aromatic carbocycles. The van der Waals surface area contributed by atoms with Crippen LogP contribution in [0.25, 0.3) is 11.4 Å². The van der Waals surface area contributed by atoms with E-state index in [1.54, 1.807) is 59.4 Å². The molecule has 55 heavy (non-hydrogen) atoms. The van der Waals surface area contributed by atoms with Crippen LogP contribution < -0.4 is 20.3 Å². The number of nitrogens with zero attached hydrogens (tertiary/aromatic N) is 3. The molecule has 8 N–H and O–H groups in total. The van der Waals surface area contributed by atoms with E-state index in [1.807, 2.05) is 65.6 Å². The van der Waals surface area contributed by atoms with Crippen molar-refractivity contribution >= 4 is 89.5 Å². The average Bonchev–Trinajstić information content (AvgIpc) is 3.69. The number of rotatable bonds is 14. The summed E-state index contributed by atoms with van der Waals surface area (Å²) in [4.78, 5) is 24.3. The number of halogens is 1. The minimum absolute atomic E-state index is 0.229. The highest BCUT2D eigenvalue weighted by Crippen LogP contribution is 2.24. The Hall–Kier alpha value is -5.53. The Morgan fingerprint density at radius 2 is 1.31 bits per heavy atom. The SMILES string of the molecule is CC(C(=O)O)N(Cc1ccc(-n2c(=S)[nH][nH]c2=S)cc1)c1ccc(Cl)cc1.CC(Nc1cccc(OCNc2cccc(-n3c(=S)[nH][nH]c3=S)c2)c1)C(=O)O. The lowest BCUT2D eigenvalue weighted by molar-refractivity contribution is -0.138. The molecule has 2 unspecified atom stereocenters. The van der Waals surface area contributed by atoms with Gasteiger partial charge in [-0.1, -0.05) is 35.9 Å². The van der Waals surface area contributed by atoms with Crippen molar-refractivity contribution in [3.05, 3.63) is 127 Å². The van der Waals surface area contributed by atoms with E-state index in [-0.39, 0.29) is 6.73 Å². The highest BCUT2D eigenvalue weighted by molar-refractivity contribution is 7.72. The van der Waals surface area contributed by atoms with Crippen molar-refractivity contribution in [2.45, 2.75) is 32.5 Å². The van der Waals surface area contributed by atoms with Gasteiger partial charge < -0.3 is 30.5 Å². The number of nitrogens with one attached hydrogen (secondary N) is 6. The van der Waals surface area contributed by atoms with E-state index >= 15 is 0 Å². The molecule has 0 saturated carbocycles. The number of carboxylic acids is 2. The Morgan fingerprint density at radius 1 is 0.745 bits per heavy atom. The number of H-pyrrole nitrogens is 4. The summed E-state index contributed by atoms with van der Waals surface area (Å²) in [6.07, 6.45) is 0. The van der Waals surface area contributed by atoms with Gasteiger partial charge in [-0.3, -0.25) is 34.3 Å². The zero-order valence-corrected chi connectivity index (χ0v) is 33.3. The summed E-state index contributed by atoms with van der Waals surface area (Å²) >= 11 is 26.8. The topological polar surface area (TPSA) is 184 Å². The molecule has 0 amide bonds. The van der Waals surface area contributed by atoms with Gasteiger partial charge in [0.2, 0.25) is 0 Å². The Bertz CT molecular complexity index is 2440. The van der Waals surface area contributed by atoms with Crippen molar-refractivity contribution < 1.29 is 24.5 Å². The molecule has 0 aliphatic carbocycles. The number of benzene rings is 4. The zero-order valence-electron chi connectivity index (χ0n) is 29.3. The third-order valence-corrected chi connectivity index (χ3v) is 9.49. The molecular weight excluding hydrogens is 802 g/mol. The number of hydrogen-bond acceptors (Lipinski definition) is 10. The van der Waals surface area contributed by atoms with Crippen molar-refractivity contribution in [2.24, 2.45) is 0 Å². The van der Waals surface area contributed by atoms with Crippen molar-refractivity contribution in [2.75, 3.05) is 22.3 Å². The van der Waals surface area contributed by atoms with Crippen LogP contribution >= 0.6 is 60.5 Å². The molecule has 6 rings (SSSR count). The van der Waals surface area contributed by atoms with Crippen molar-refractivity contribution in [3.8, 4) is 17.1 Å². The highest BCUT2D eigenvalue weighted by atomic mass is 35.5. The summed E-state index contributed by atoms with van der Waals surface area (Å²) in [5.74, 6) is -1.21. The number of hydrogen-bond donors (Lipinski definition) is 8. The van der Waals surface area contributed by atoms with E-state index in [2.05, 4.69) is 31.0 Å². The minimum Gasteiger partial charge on any atom is -0.480 e. The molecule has 0 saturated heterocycles. The van der Waals surface area contributed by atoms with E-state index in [4.69, 9.17) is 70.3 Å². The second kappa shape index (κ2) is 18.7. The zero-order chi connectivity index (χ0) is 39.6. The molecule has 0 aliphatic rings. The molecule has 2 heterocycles. The van der Waals surface area contributed by atoms with Crippen LogP contribution in [0.1, 0.15) is 19.4 Å². The van der Waals surface area contributed by atoms with Gasteiger partial charge in [-0.2, -0.15) is 0 Å². The van der Waals surface area contributed by atoms with Crippen LogP contribution in [-0.4, -0.2) is 70.5 Å². The molecule has 2 atom stereocenters. The van der Waals surface area contributed by atoms with Crippen LogP contribution in [-0.2, 0) is 16.1 Å². The first-order valence-electron chi connectivity index (χ1n) is 16.5. The smallest absolute Gasteiger partial charge is 0.326 e. The van der Waals surface area contributed by atoms with Gasteiger partial charge in [-0.15, -0.1) is 0 Å². The lowest BCUT2D eigenvalue weighted by atomic mass is 10.1. The first-order chi connectivity index (χ1) is 26.3. The molecule has 286 valence electrons. The first kappa shape index (κ1) is 40.7. The second-order valence-electron chi connectivity index (χ2n) is 11.9. The molecule has 0 spiro atoms. The molecule has 19 heteroatoms. The number of carboxylic acid groups (broad SMARTS) is 2. The van der Waals surface area contributed by atoms with E-state index in [1.165, 1.54) is 0 Å². The standard InChI is InChI=1S/C18H17ClN4O2S2.C18H19N5O3S2/c1-11(16(24)25)22(14-8-4-13(19)5-9-14)10-12-2-6-15(7-3-12)23-17(26)20-21-18(23)27;1-11(16(24)25)20-13-5-3-7-15(9-13)26-10-19-12-4-2-6-14(8-12)23-17(27)21-22-18(23)28/h2-9,11H,10H2,1H3,(H,20,26)(H,21,27)(H,24,25);2-9,11,19-20H,10H2,1H3,(H,21,27)(H,22,28)(H,24,25). The van der Waals surface area contributed by atoms with Crippen LogP contribution in [0.2, 0.25) is 5.02 Å². The van der Waals surface area contributed by atoms with Crippen LogP contribution in [0, 0.1) is 19.1 Å². The van der Waals surface area contributed by atoms with Gasteiger partial charge in [0, 0.05) is 34.7 Å².